The van der Waals surface area contributed by atoms with E-state index in [1.54, 1.807) is 54.3 Å². The van der Waals surface area contributed by atoms with Crippen molar-refractivity contribution >= 4 is 39.1 Å². The Hall–Kier alpha value is -2.45. The third kappa shape index (κ3) is 4.94. The van der Waals surface area contributed by atoms with Gasteiger partial charge in [0.1, 0.15) is 0 Å². The smallest absolute Gasteiger partial charge is 0.409 e. The average molecular weight is 438 g/mol. The van der Waals surface area contributed by atoms with Crippen LogP contribution >= 0.6 is 11.6 Å². The van der Waals surface area contributed by atoms with Crippen molar-refractivity contribution in [1.82, 2.24) is 4.90 Å². The van der Waals surface area contributed by atoms with Gasteiger partial charge >= 0.3 is 6.09 Å². The summed E-state index contributed by atoms with van der Waals surface area (Å²) in [7, 11) is -3.76. The number of carbonyl (C=O) groups excluding carboxylic acids is 1. The Morgan fingerprint density at radius 2 is 1.76 bits per heavy atom. The summed E-state index contributed by atoms with van der Waals surface area (Å²) in [5.74, 6) is 0. The molecule has 0 bridgehead atoms. The summed E-state index contributed by atoms with van der Waals surface area (Å²) in [6, 6.07) is 11.8. The first-order valence-corrected chi connectivity index (χ1v) is 11.2. The first-order chi connectivity index (χ1) is 13.8. The van der Waals surface area contributed by atoms with Gasteiger partial charge in [0.2, 0.25) is 0 Å². The lowest BCUT2D eigenvalue weighted by Gasteiger charge is -2.36. The van der Waals surface area contributed by atoms with E-state index in [9.17, 15) is 13.2 Å². The van der Waals surface area contributed by atoms with Crippen LogP contribution in [0.25, 0.3) is 0 Å². The zero-order valence-corrected chi connectivity index (χ0v) is 18.0. The van der Waals surface area contributed by atoms with Gasteiger partial charge in [0, 0.05) is 26.2 Å². The number of sulfonamides is 1. The normalized spacial score (nSPS) is 14.6. The Morgan fingerprint density at radius 1 is 1.10 bits per heavy atom. The second-order valence-electron chi connectivity index (χ2n) is 6.73. The SMILES string of the molecule is CCOC(=O)N1CCN(c2c(Cl)cccc2NS(=O)(=O)c2ccc(C)cc2)CC1. The Kier molecular flexibility index (Phi) is 6.54. The molecule has 2 aromatic carbocycles. The van der Waals surface area contributed by atoms with Crippen molar-refractivity contribution in [3.05, 3.63) is 53.1 Å². The molecule has 2 aromatic rings. The molecular formula is C20H24ClN3O4S. The van der Waals surface area contributed by atoms with Crippen molar-refractivity contribution in [2.75, 3.05) is 42.4 Å². The van der Waals surface area contributed by atoms with Gasteiger partial charge in [-0.25, -0.2) is 13.2 Å². The molecule has 7 nitrogen and oxygen atoms in total. The number of halogens is 1. The molecule has 1 amide bonds. The lowest BCUT2D eigenvalue weighted by molar-refractivity contribution is 0.105. The highest BCUT2D eigenvalue weighted by atomic mass is 35.5. The van der Waals surface area contributed by atoms with E-state index in [1.807, 2.05) is 11.8 Å². The van der Waals surface area contributed by atoms with Crippen LogP contribution in [0.5, 0.6) is 0 Å². The van der Waals surface area contributed by atoms with Crippen LogP contribution in [0, 0.1) is 6.92 Å². The van der Waals surface area contributed by atoms with Crippen LogP contribution in [0.4, 0.5) is 16.2 Å². The predicted octanol–water partition coefficient (Wildman–Crippen LogP) is 3.73. The largest absolute Gasteiger partial charge is 0.450 e. The molecule has 0 radical (unpaired) electrons. The van der Waals surface area contributed by atoms with E-state index in [0.29, 0.717) is 49.2 Å². The third-order valence-corrected chi connectivity index (χ3v) is 6.37. The van der Waals surface area contributed by atoms with Gasteiger partial charge in [-0.1, -0.05) is 35.4 Å². The van der Waals surface area contributed by atoms with Crippen LogP contribution in [0.2, 0.25) is 5.02 Å². The van der Waals surface area contributed by atoms with Gasteiger partial charge in [-0.05, 0) is 38.1 Å². The molecule has 0 saturated carbocycles. The molecule has 1 aliphatic heterocycles. The second kappa shape index (κ2) is 8.92. The van der Waals surface area contributed by atoms with Crippen LogP contribution in [-0.2, 0) is 14.8 Å². The Morgan fingerprint density at radius 3 is 2.38 bits per heavy atom. The molecule has 0 atom stereocenters. The number of nitrogens with one attached hydrogen (secondary N) is 1. The van der Waals surface area contributed by atoms with Crippen LogP contribution in [0.3, 0.4) is 0 Å². The van der Waals surface area contributed by atoms with Gasteiger partial charge < -0.3 is 14.5 Å². The second-order valence-corrected chi connectivity index (χ2v) is 8.82. The van der Waals surface area contributed by atoms with E-state index in [0.717, 1.165) is 5.56 Å². The maximum absolute atomic E-state index is 12.8. The minimum atomic E-state index is -3.76. The number of piperazine rings is 1. The zero-order chi connectivity index (χ0) is 21.0. The summed E-state index contributed by atoms with van der Waals surface area (Å²) in [6.07, 6.45) is -0.341. The van der Waals surface area contributed by atoms with E-state index >= 15 is 0 Å². The lowest BCUT2D eigenvalue weighted by Crippen LogP contribution is -2.49. The van der Waals surface area contributed by atoms with E-state index in [-0.39, 0.29) is 11.0 Å². The molecule has 1 aliphatic rings. The molecule has 1 heterocycles. The minimum absolute atomic E-state index is 0.182. The van der Waals surface area contributed by atoms with E-state index in [4.69, 9.17) is 16.3 Å². The van der Waals surface area contributed by atoms with Crippen molar-refractivity contribution in [3.63, 3.8) is 0 Å². The highest BCUT2D eigenvalue weighted by molar-refractivity contribution is 7.92. The number of nitrogens with zero attached hydrogens (tertiary/aromatic N) is 2. The molecule has 9 heteroatoms. The summed E-state index contributed by atoms with van der Waals surface area (Å²) in [6.45, 7) is 5.96. The molecule has 156 valence electrons. The predicted molar refractivity (Wildman–Crippen MR) is 114 cm³/mol. The van der Waals surface area contributed by atoms with Crippen LogP contribution in [0.15, 0.2) is 47.4 Å². The molecule has 3 rings (SSSR count). The number of rotatable bonds is 5. The highest BCUT2D eigenvalue weighted by Gasteiger charge is 2.26. The first-order valence-electron chi connectivity index (χ1n) is 9.36. The van der Waals surface area contributed by atoms with Crippen LogP contribution in [0.1, 0.15) is 12.5 Å². The molecule has 0 spiro atoms. The molecule has 0 aromatic heterocycles. The maximum atomic E-state index is 12.8. The molecule has 1 N–H and O–H groups in total. The van der Waals surface area contributed by atoms with E-state index < -0.39 is 10.0 Å². The number of benzene rings is 2. The fraction of sp³-hybridized carbons (Fsp3) is 0.350. The Balaban J connectivity index is 1.81. The van der Waals surface area contributed by atoms with Gasteiger partial charge in [-0.15, -0.1) is 0 Å². The summed E-state index contributed by atoms with van der Waals surface area (Å²) in [4.78, 5) is 15.7. The van der Waals surface area contributed by atoms with Crippen LogP contribution in [-0.4, -0.2) is 52.2 Å². The van der Waals surface area contributed by atoms with Crippen molar-refractivity contribution in [2.24, 2.45) is 0 Å². The van der Waals surface area contributed by atoms with Crippen LogP contribution < -0.4 is 9.62 Å². The molecule has 1 fully saturated rings. The van der Waals surface area contributed by atoms with Crippen molar-refractivity contribution in [1.29, 1.82) is 0 Å². The third-order valence-electron chi connectivity index (χ3n) is 4.68. The molecular weight excluding hydrogens is 414 g/mol. The van der Waals surface area contributed by atoms with Gasteiger partial charge in [0.05, 0.1) is 27.9 Å². The Labute approximate surface area is 176 Å². The number of amides is 1. The highest BCUT2D eigenvalue weighted by Crippen LogP contribution is 2.36. The molecule has 0 unspecified atom stereocenters. The molecule has 0 aliphatic carbocycles. The quantitative estimate of drug-likeness (QED) is 0.771. The maximum Gasteiger partial charge on any atom is 0.409 e. The standard InChI is InChI=1S/C20H24ClN3O4S/c1-3-28-20(25)24-13-11-23(12-14-24)19-17(21)5-4-6-18(19)22-29(26,27)16-9-7-15(2)8-10-16/h4-10,22H,3,11-14H2,1-2H3. The summed E-state index contributed by atoms with van der Waals surface area (Å²) in [5.41, 5.74) is 1.99. The summed E-state index contributed by atoms with van der Waals surface area (Å²) < 4.78 is 33.4. The number of carbonyl (C=O) groups is 1. The average Bonchev–Trinajstić information content (AvgIpc) is 2.68. The fourth-order valence-corrected chi connectivity index (χ4v) is 4.53. The number of ether oxygens (including phenoxy) is 1. The number of hydrogen-bond acceptors (Lipinski definition) is 5. The first kappa shape index (κ1) is 21.3. The molecule has 29 heavy (non-hydrogen) atoms. The van der Waals surface area contributed by atoms with Crippen molar-refractivity contribution in [3.8, 4) is 0 Å². The van der Waals surface area contributed by atoms with Gasteiger partial charge in [-0.2, -0.15) is 0 Å². The number of anilines is 2. The molecule has 1 saturated heterocycles. The van der Waals surface area contributed by atoms with E-state index in [2.05, 4.69) is 4.72 Å². The zero-order valence-electron chi connectivity index (χ0n) is 16.4. The van der Waals surface area contributed by atoms with Gasteiger partial charge in [0.15, 0.2) is 0 Å². The van der Waals surface area contributed by atoms with E-state index in [1.165, 1.54) is 0 Å². The van der Waals surface area contributed by atoms with Gasteiger partial charge in [-0.3, -0.25) is 4.72 Å². The lowest BCUT2D eigenvalue weighted by atomic mass is 10.2. The monoisotopic (exact) mass is 437 g/mol. The number of para-hydroxylation sites is 1. The summed E-state index contributed by atoms with van der Waals surface area (Å²) >= 11 is 6.43. The van der Waals surface area contributed by atoms with Crippen molar-refractivity contribution in [2.45, 2.75) is 18.7 Å². The minimum Gasteiger partial charge on any atom is -0.450 e. The van der Waals surface area contributed by atoms with Crippen molar-refractivity contribution < 1.29 is 17.9 Å². The number of aryl methyl sites for hydroxylation is 1. The fourth-order valence-electron chi connectivity index (χ4n) is 3.17. The van der Waals surface area contributed by atoms with Gasteiger partial charge in [0.25, 0.3) is 10.0 Å². The Bertz CT molecular complexity index is 972. The number of hydrogen-bond donors (Lipinski definition) is 1. The topological polar surface area (TPSA) is 79.0 Å². The summed E-state index contributed by atoms with van der Waals surface area (Å²) in [5, 5.41) is 0.443.